The van der Waals surface area contributed by atoms with E-state index in [1.165, 1.54) is 26.4 Å². The lowest BCUT2D eigenvalue weighted by atomic mass is 10.0. The monoisotopic (exact) mass is 294 g/mol. The third-order valence-corrected chi connectivity index (χ3v) is 5.07. The zero-order chi connectivity index (χ0) is 11.7. The van der Waals surface area contributed by atoms with E-state index in [0.717, 1.165) is 0 Å². The molecule has 0 bridgehead atoms. The fourth-order valence-corrected chi connectivity index (χ4v) is 3.58. The van der Waals surface area contributed by atoms with Gasteiger partial charge in [-0.05, 0) is 44.0 Å². The summed E-state index contributed by atoms with van der Waals surface area (Å²) in [5, 5.41) is 0. The third kappa shape index (κ3) is 2.38. The highest BCUT2D eigenvalue weighted by molar-refractivity contribution is 9.09. The van der Waals surface area contributed by atoms with Crippen LogP contribution in [0.1, 0.15) is 31.3 Å². The number of alkyl halides is 1. The largest absolute Gasteiger partial charge is 0.144 e. The van der Waals surface area contributed by atoms with Gasteiger partial charge in [-0.1, -0.05) is 39.7 Å². The molecule has 1 atom stereocenters. The SMILES string of the molecule is Cc1ccc(C)c(C(Br)c2ccc(C)s2)c1. The average molecular weight is 295 g/mol. The van der Waals surface area contributed by atoms with E-state index in [-0.39, 0.29) is 0 Å². The number of benzene rings is 1. The fourth-order valence-electron chi connectivity index (χ4n) is 1.78. The summed E-state index contributed by atoms with van der Waals surface area (Å²) in [5.74, 6) is 0. The van der Waals surface area contributed by atoms with Crippen LogP contribution in [-0.4, -0.2) is 0 Å². The molecular formula is C14H15BrS. The molecule has 0 aliphatic rings. The lowest BCUT2D eigenvalue weighted by Gasteiger charge is -2.12. The van der Waals surface area contributed by atoms with Gasteiger partial charge in [0.15, 0.2) is 0 Å². The van der Waals surface area contributed by atoms with E-state index >= 15 is 0 Å². The third-order valence-electron chi connectivity index (χ3n) is 2.72. The van der Waals surface area contributed by atoms with Gasteiger partial charge in [0.1, 0.15) is 0 Å². The van der Waals surface area contributed by atoms with E-state index in [9.17, 15) is 0 Å². The van der Waals surface area contributed by atoms with Crippen LogP contribution in [0.4, 0.5) is 0 Å². The molecule has 0 amide bonds. The number of hydrogen-bond acceptors (Lipinski definition) is 1. The summed E-state index contributed by atoms with van der Waals surface area (Å²) in [7, 11) is 0. The smallest absolute Gasteiger partial charge is 0.0740 e. The lowest BCUT2D eigenvalue weighted by molar-refractivity contribution is 1.16. The van der Waals surface area contributed by atoms with Crippen LogP contribution < -0.4 is 0 Å². The number of thiophene rings is 1. The Labute approximate surface area is 109 Å². The van der Waals surface area contributed by atoms with Crippen LogP contribution in [0, 0.1) is 20.8 Å². The second-order valence-corrected chi connectivity index (χ2v) is 6.41. The molecule has 0 radical (unpaired) electrons. The van der Waals surface area contributed by atoms with Crippen molar-refractivity contribution in [3.63, 3.8) is 0 Å². The highest BCUT2D eigenvalue weighted by atomic mass is 79.9. The Balaban J connectivity index is 2.40. The van der Waals surface area contributed by atoms with Crippen molar-refractivity contribution in [1.82, 2.24) is 0 Å². The first-order valence-corrected chi connectivity index (χ1v) is 7.08. The molecule has 16 heavy (non-hydrogen) atoms. The molecule has 1 unspecified atom stereocenters. The maximum atomic E-state index is 3.80. The second kappa shape index (κ2) is 4.72. The van der Waals surface area contributed by atoms with E-state index in [2.05, 4.69) is 67.0 Å². The number of hydrogen-bond donors (Lipinski definition) is 0. The molecule has 0 nitrogen and oxygen atoms in total. The minimum atomic E-state index is 0.325. The lowest BCUT2D eigenvalue weighted by Crippen LogP contribution is -1.94. The molecule has 0 aliphatic heterocycles. The zero-order valence-electron chi connectivity index (χ0n) is 9.75. The minimum Gasteiger partial charge on any atom is -0.144 e. The van der Waals surface area contributed by atoms with Crippen molar-refractivity contribution in [2.75, 3.05) is 0 Å². The number of halogens is 1. The van der Waals surface area contributed by atoms with E-state index < -0.39 is 0 Å². The van der Waals surface area contributed by atoms with Crippen molar-refractivity contribution in [3.8, 4) is 0 Å². The van der Waals surface area contributed by atoms with Gasteiger partial charge in [-0.25, -0.2) is 0 Å². The van der Waals surface area contributed by atoms with E-state index in [0.29, 0.717) is 4.83 Å². The maximum Gasteiger partial charge on any atom is 0.0740 e. The Bertz CT molecular complexity index is 499. The molecule has 0 saturated heterocycles. The van der Waals surface area contributed by atoms with Gasteiger partial charge >= 0.3 is 0 Å². The topological polar surface area (TPSA) is 0 Å². The van der Waals surface area contributed by atoms with Gasteiger partial charge in [0, 0.05) is 9.75 Å². The van der Waals surface area contributed by atoms with Gasteiger partial charge in [-0.15, -0.1) is 11.3 Å². The summed E-state index contributed by atoms with van der Waals surface area (Å²) in [6, 6.07) is 11.0. The average Bonchev–Trinajstić information content (AvgIpc) is 2.67. The van der Waals surface area contributed by atoms with Crippen LogP contribution in [0.2, 0.25) is 0 Å². The molecule has 0 aliphatic carbocycles. The van der Waals surface area contributed by atoms with Crippen LogP contribution in [0.5, 0.6) is 0 Å². The molecule has 1 heterocycles. The van der Waals surface area contributed by atoms with Gasteiger partial charge in [0.05, 0.1) is 4.83 Å². The summed E-state index contributed by atoms with van der Waals surface area (Å²) in [4.78, 5) is 3.07. The van der Waals surface area contributed by atoms with Crippen LogP contribution in [0.3, 0.4) is 0 Å². The Morgan fingerprint density at radius 2 is 1.81 bits per heavy atom. The quantitative estimate of drug-likeness (QED) is 0.671. The Morgan fingerprint density at radius 3 is 2.44 bits per heavy atom. The molecule has 1 aromatic heterocycles. The second-order valence-electron chi connectivity index (χ2n) is 4.17. The van der Waals surface area contributed by atoms with Gasteiger partial charge < -0.3 is 0 Å². The first-order chi connectivity index (χ1) is 7.58. The predicted molar refractivity (Wildman–Crippen MR) is 75.7 cm³/mol. The highest BCUT2D eigenvalue weighted by Crippen LogP contribution is 2.36. The van der Waals surface area contributed by atoms with E-state index in [4.69, 9.17) is 0 Å². The molecule has 0 fully saturated rings. The van der Waals surface area contributed by atoms with Gasteiger partial charge in [0.2, 0.25) is 0 Å². The molecule has 0 N–H and O–H groups in total. The number of aryl methyl sites for hydroxylation is 3. The summed E-state index contributed by atoms with van der Waals surface area (Å²) < 4.78 is 0. The highest BCUT2D eigenvalue weighted by Gasteiger charge is 2.14. The van der Waals surface area contributed by atoms with Gasteiger partial charge in [0.25, 0.3) is 0 Å². The molecule has 0 spiro atoms. The van der Waals surface area contributed by atoms with Crippen molar-refractivity contribution in [3.05, 3.63) is 56.8 Å². The summed E-state index contributed by atoms with van der Waals surface area (Å²) in [5.41, 5.74) is 4.04. The van der Waals surface area contributed by atoms with Crippen LogP contribution >= 0.6 is 27.3 Å². The molecular weight excluding hydrogens is 280 g/mol. The van der Waals surface area contributed by atoms with Gasteiger partial charge in [-0.3, -0.25) is 0 Å². The van der Waals surface area contributed by atoms with Crippen molar-refractivity contribution in [2.24, 2.45) is 0 Å². The standard InChI is InChI=1S/C14H15BrS/c1-9-4-5-10(2)12(8-9)14(15)13-7-6-11(3)16-13/h4-8,14H,1-3H3. The van der Waals surface area contributed by atoms with Crippen LogP contribution in [0.15, 0.2) is 30.3 Å². The maximum absolute atomic E-state index is 3.80. The van der Waals surface area contributed by atoms with Crippen molar-refractivity contribution >= 4 is 27.3 Å². The van der Waals surface area contributed by atoms with Crippen LogP contribution in [0.25, 0.3) is 0 Å². The van der Waals surface area contributed by atoms with Crippen molar-refractivity contribution in [2.45, 2.75) is 25.6 Å². The summed E-state index contributed by atoms with van der Waals surface area (Å²) >= 11 is 5.66. The first-order valence-electron chi connectivity index (χ1n) is 5.35. The minimum absolute atomic E-state index is 0.325. The molecule has 0 saturated carbocycles. The van der Waals surface area contributed by atoms with Crippen LogP contribution in [-0.2, 0) is 0 Å². The Kier molecular flexibility index (Phi) is 3.50. The molecule has 2 heteroatoms. The van der Waals surface area contributed by atoms with Gasteiger partial charge in [-0.2, -0.15) is 0 Å². The van der Waals surface area contributed by atoms with Crippen molar-refractivity contribution < 1.29 is 0 Å². The predicted octanol–water partition coefficient (Wildman–Crippen LogP) is 5.16. The normalized spacial score (nSPS) is 12.8. The zero-order valence-corrected chi connectivity index (χ0v) is 12.2. The molecule has 1 aromatic carbocycles. The summed E-state index contributed by atoms with van der Waals surface area (Å²) in [6.45, 7) is 6.46. The van der Waals surface area contributed by atoms with Crippen molar-refractivity contribution in [1.29, 1.82) is 0 Å². The fraction of sp³-hybridized carbons (Fsp3) is 0.286. The van der Waals surface area contributed by atoms with E-state index in [1.807, 2.05) is 11.3 Å². The Morgan fingerprint density at radius 1 is 1.06 bits per heavy atom. The molecule has 2 rings (SSSR count). The Hall–Kier alpha value is -0.600. The van der Waals surface area contributed by atoms with E-state index in [1.54, 1.807) is 0 Å². The summed E-state index contributed by atoms with van der Waals surface area (Å²) in [6.07, 6.45) is 0. The number of rotatable bonds is 2. The molecule has 84 valence electrons. The first kappa shape index (κ1) is 11.9. The molecule has 2 aromatic rings.